The van der Waals surface area contributed by atoms with Crippen molar-refractivity contribution in [1.29, 1.82) is 5.26 Å². The molecule has 2 heteroatoms. The quantitative estimate of drug-likeness (QED) is 0.764. The summed E-state index contributed by atoms with van der Waals surface area (Å²) in [6.07, 6.45) is 10.1. The summed E-state index contributed by atoms with van der Waals surface area (Å²) in [5.74, 6) is 3.38. The van der Waals surface area contributed by atoms with E-state index < -0.39 is 0 Å². The maximum atomic E-state index is 9.27. The molecular formula is C18H28N2. The van der Waals surface area contributed by atoms with Crippen LogP contribution in [0.25, 0.3) is 0 Å². The van der Waals surface area contributed by atoms with Gasteiger partial charge in [-0.15, -0.1) is 0 Å². The van der Waals surface area contributed by atoms with Gasteiger partial charge in [-0.25, -0.2) is 0 Å². The third-order valence-electron chi connectivity index (χ3n) is 6.92. The third kappa shape index (κ3) is 2.01. The van der Waals surface area contributed by atoms with Gasteiger partial charge in [-0.2, -0.15) is 5.26 Å². The fraction of sp³-hybridized carbons (Fsp3) is 0.944. The van der Waals surface area contributed by atoms with Gasteiger partial charge >= 0.3 is 0 Å². The van der Waals surface area contributed by atoms with E-state index in [4.69, 9.17) is 0 Å². The van der Waals surface area contributed by atoms with Gasteiger partial charge in [0.1, 0.15) is 0 Å². The van der Waals surface area contributed by atoms with Crippen LogP contribution in [0.15, 0.2) is 0 Å². The largest absolute Gasteiger partial charge is 0.296 e. The Balaban J connectivity index is 1.53. The van der Waals surface area contributed by atoms with Gasteiger partial charge in [0, 0.05) is 18.6 Å². The molecule has 5 fully saturated rings. The smallest absolute Gasteiger partial charge is 0.0670 e. The Morgan fingerprint density at radius 2 is 1.55 bits per heavy atom. The summed E-state index contributed by atoms with van der Waals surface area (Å²) in [6, 6.07) is 2.52. The number of hydrogen-bond donors (Lipinski definition) is 0. The molecule has 4 aliphatic carbocycles. The van der Waals surface area contributed by atoms with Gasteiger partial charge in [0.2, 0.25) is 0 Å². The summed E-state index contributed by atoms with van der Waals surface area (Å²) in [5.41, 5.74) is 0.861. The lowest BCUT2D eigenvalue weighted by Crippen LogP contribution is -2.53. The molecule has 1 unspecified atom stereocenters. The van der Waals surface area contributed by atoms with Crippen molar-refractivity contribution in [3.8, 4) is 6.07 Å². The first-order valence-electron chi connectivity index (χ1n) is 8.63. The Kier molecular flexibility index (Phi) is 2.78. The van der Waals surface area contributed by atoms with E-state index in [1.54, 1.807) is 0 Å². The summed E-state index contributed by atoms with van der Waals surface area (Å²) < 4.78 is 0. The van der Waals surface area contributed by atoms with Crippen molar-refractivity contribution in [3.05, 3.63) is 0 Å². The van der Waals surface area contributed by atoms with Crippen molar-refractivity contribution in [3.63, 3.8) is 0 Å². The van der Waals surface area contributed by atoms with E-state index in [0.717, 1.165) is 30.7 Å². The summed E-state index contributed by atoms with van der Waals surface area (Å²) in [4.78, 5) is 2.67. The van der Waals surface area contributed by atoms with Gasteiger partial charge in [-0.05, 0) is 82.0 Å². The first-order valence-corrected chi connectivity index (χ1v) is 8.63. The molecule has 1 saturated heterocycles. The molecular weight excluding hydrogens is 244 g/mol. The maximum absolute atomic E-state index is 9.27. The highest BCUT2D eigenvalue weighted by Gasteiger charge is 2.53. The molecule has 4 bridgehead atoms. The van der Waals surface area contributed by atoms with Crippen molar-refractivity contribution < 1.29 is 0 Å². The molecule has 1 aliphatic heterocycles. The van der Waals surface area contributed by atoms with E-state index in [9.17, 15) is 5.26 Å². The number of hydrogen-bond acceptors (Lipinski definition) is 2. The van der Waals surface area contributed by atoms with Crippen molar-refractivity contribution in [1.82, 2.24) is 4.90 Å². The zero-order valence-electron chi connectivity index (χ0n) is 13.1. The van der Waals surface area contributed by atoms with Crippen LogP contribution in [-0.4, -0.2) is 23.5 Å². The van der Waals surface area contributed by atoms with Crippen LogP contribution in [0.1, 0.15) is 58.8 Å². The van der Waals surface area contributed by atoms with Gasteiger partial charge in [0.05, 0.1) is 12.0 Å². The molecule has 5 aliphatic rings. The van der Waals surface area contributed by atoms with Crippen molar-refractivity contribution in [2.24, 2.45) is 29.1 Å². The molecule has 0 aromatic rings. The van der Waals surface area contributed by atoms with Crippen LogP contribution in [0.2, 0.25) is 0 Å². The summed E-state index contributed by atoms with van der Waals surface area (Å²) in [7, 11) is 0. The first-order chi connectivity index (χ1) is 9.48. The Bertz CT molecular complexity index is 410. The fourth-order valence-corrected chi connectivity index (χ4v) is 6.56. The Morgan fingerprint density at radius 3 is 2.00 bits per heavy atom. The second-order valence-corrected chi connectivity index (χ2v) is 9.14. The Labute approximate surface area is 123 Å². The van der Waals surface area contributed by atoms with E-state index in [0.29, 0.717) is 5.41 Å². The topological polar surface area (TPSA) is 27.0 Å². The zero-order valence-corrected chi connectivity index (χ0v) is 13.1. The van der Waals surface area contributed by atoms with E-state index in [-0.39, 0.29) is 11.5 Å². The minimum absolute atomic E-state index is 0.240. The molecule has 1 heterocycles. The molecule has 5 rings (SSSR count). The number of rotatable bonds is 2. The normalized spacial score (nSPS) is 49.5. The van der Waals surface area contributed by atoms with Gasteiger partial charge in [0.25, 0.3) is 0 Å². The maximum Gasteiger partial charge on any atom is 0.0670 e. The highest BCUT2D eigenvalue weighted by atomic mass is 15.2. The molecule has 110 valence electrons. The second kappa shape index (κ2) is 4.23. The number of nitriles is 1. The average molecular weight is 272 g/mol. The molecule has 0 spiro atoms. The third-order valence-corrected chi connectivity index (χ3v) is 6.92. The van der Waals surface area contributed by atoms with Gasteiger partial charge in [0.15, 0.2) is 0 Å². The monoisotopic (exact) mass is 272 g/mol. The van der Waals surface area contributed by atoms with Crippen LogP contribution >= 0.6 is 0 Å². The molecule has 4 saturated carbocycles. The van der Waals surface area contributed by atoms with Crippen molar-refractivity contribution in [2.45, 2.75) is 64.3 Å². The molecule has 20 heavy (non-hydrogen) atoms. The molecule has 0 amide bonds. The highest BCUT2D eigenvalue weighted by Crippen LogP contribution is 2.60. The minimum Gasteiger partial charge on any atom is -0.296 e. The summed E-state index contributed by atoms with van der Waals surface area (Å²) in [6.45, 7) is 7.00. The second-order valence-electron chi connectivity index (χ2n) is 9.14. The van der Waals surface area contributed by atoms with Crippen LogP contribution < -0.4 is 0 Å². The molecule has 0 N–H and O–H groups in total. The lowest BCUT2D eigenvalue weighted by molar-refractivity contribution is -0.0764. The molecule has 0 aromatic heterocycles. The lowest BCUT2D eigenvalue weighted by atomic mass is 9.49. The van der Waals surface area contributed by atoms with Crippen LogP contribution in [0.3, 0.4) is 0 Å². The zero-order chi connectivity index (χ0) is 14.0. The fourth-order valence-electron chi connectivity index (χ4n) is 6.56. The van der Waals surface area contributed by atoms with E-state index in [1.807, 2.05) is 0 Å². The number of likely N-dealkylation sites (tertiary alicyclic amines) is 1. The first kappa shape index (κ1) is 13.1. The average Bonchev–Trinajstić information content (AvgIpc) is 2.62. The van der Waals surface area contributed by atoms with Crippen molar-refractivity contribution >= 4 is 0 Å². The summed E-state index contributed by atoms with van der Waals surface area (Å²) in [5, 5.41) is 9.27. The SMILES string of the molecule is CC1(C)CC(C#N)CN1CC12CC3CC(CC(C3)C1)C2. The molecule has 2 nitrogen and oxygen atoms in total. The van der Waals surface area contributed by atoms with Crippen molar-refractivity contribution in [2.75, 3.05) is 13.1 Å². The molecule has 1 atom stereocenters. The predicted molar refractivity (Wildman–Crippen MR) is 80.0 cm³/mol. The van der Waals surface area contributed by atoms with E-state index in [1.165, 1.54) is 45.1 Å². The Hall–Kier alpha value is -0.550. The van der Waals surface area contributed by atoms with Crippen LogP contribution in [0.4, 0.5) is 0 Å². The minimum atomic E-state index is 0.240. The summed E-state index contributed by atoms with van der Waals surface area (Å²) >= 11 is 0. The van der Waals surface area contributed by atoms with Gasteiger partial charge in [-0.1, -0.05) is 0 Å². The molecule has 0 aromatic carbocycles. The van der Waals surface area contributed by atoms with Crippen LogP contribution in [-0.2, 0) is 0 Å². The standard InChI is InChI=1S/C18H28N2/c1-17(2)6-16(10-19)11-20(17)12-18-7-13-3-14(8-18)5-15(4-13)9-18/h13-16H,3-9,11-12H2,1-2H3. The van der Waals surface area contributed by atoms with E-state index >= 15 is 0 Å². The highest BCUT2D eigenvalue weighted by molar-refractivity contribution is 5.07. The van der Waals surface area contributed by atoms with E-state index in [2.05, 4.69) is 24.8 Å². The van der Waals surface area contributed by atoms with Crippen LogP contribution in [0, 0.1) is 40.4 Å². The Morgan fingerprint density at radius 1 is 1.00 bits per heavy atom. The molecule has 0 radical (unpaired) electrons. The predicted octanol–water partition coefficient (Wildman–Crippen LogP) is 3.83. The van der Waals surface area contributed by atoms with Gasteiger partial charge in [-0.3, -0.25) is 4.90 Å². The number of nitrogens with zero attached hydrogens (tertiary/aromatic N) is 2. The van der Waals surface area contributed by atoms with Gasteiger partial charge < -0.3 is 0 Å². The lowest BCUT2D eigenvalue weighted by Gasteiger charge is -2.58. The van der Waals surface area contributed by atoms with Crippen LogP contribution in [0.5, 0.6) is 0 Å².